The van der Waals surface area contributed by atoms with Gasteiger partial charge in [-0.1, -0.05) is 12.1 Å². The van der Waals surface area contributed by atoms with Crippen molar-refractivity contribution in [3.8, 4) is 28.4 Å². The van der Waals surface area contributed by atoms with Gasteiger partial charge in [-0.3, -0.25) is 10.00 Å². The Balaban J connectivity index is 1.22. The maximum Gasteiger partial charge on any atom is 0.178 e. The van der Waals surface area contributed by atoms with Gasteiger partial charge in [0.05, 0.1) is 11.0 Å². The third kappa shape index (κ3) is 4.79. The summed E-state index contributed by atoms with van der Waals surface area (Å²) in [5, 5.41) is 12.1. The lowest BCUT2D eigenvalue weighted by Crippen LogP contribution is -2.25. The van der Waals surface area contributed by atoms with Crippen molar-refractivity contribution < 1.29 is 9.13 Å². The molecule has 3 N–H and O–H groups in total. The molecule has 8 nitrogen and oxygen atoms in total. The highest BCUT2D eigenvalue weighted by molar-refractivity contribution is 5.97. The van der Waals surface area contributed by atoms with Gasteiger partial charge in [-0.15, -0.1) is 0 Å². The molecule has 198 valence electrons. The minimum Gasteiger partial charge on any atom is -0.492 e. The number of imidazole rings is 1. The Labute approximate surface area is 225 Å². The molecule has 0 amide bonds. The second-order valence-corrected chi connectivity index (χ2v) is 10.2. The monoisotopic (exact) mass is 523 g/mol. The molecule has 0 spiro atoms. The summed E-state index contributed by atoms with van der Waals surface area (Å²) in [6.45, 7) is 5.46. The third-order valence-corrected chi connectivity index (χ3v) is 7.67. The van der Waals surface area contributed by atoms with E-state index in [1.807, 2.05) is 12.1 Å². The van der Waals surface area contributed by atoms with Crippen molar-refractivity contribution in [2.24, 2.45) is 0 Å². The maximum atomic E-state index is 14.7. The van der Waals surface area contributed by atoms with Gasteiger partial charge in [0.1, 0.15) is 23.9 Å². The summed E-state index contributed by atoms with van der Waals surface area (Å²) >= 11 is 0. The van der Waals surface area contributed by atoms with Crippen molar-refractivity contribution in [2.45, 2.75) is 19.3 Å². The first-order valence-corrected chi connectivity index (χ1v) is 13.6. The molecule has 0 radical (unpaired) electrons. The van der Waals surface area contributed by atoms with E-state index in [-0.39, 0.29) is 5.82 Å². The van der Waals surface area contributed by atoms with Crippen molar-refractivity contribution in [3.63, 3.8) is 0 Å². The van der Waals surface area contributed by atoms with Crippen molar-refractivity contribution >= 4 is 27.6 Å². The van der Waals surface area contributed by atoms with Gasteiger partial charge in [0.15, 0.2) is 11.5 Å². The molecule has 0 saturated carbocycles. The zero-order chi connectivity index (χ0) is 26.2. The molecule has 0 aliphatic carbocycles. The standard InChI is InChI=1S/C30H30FN7O/c31-22-15-21(16-23(18-22)39-14-13-38-11-1-2-12-38)24-7-10-33-29-27(24)34-30(35-29)28-25-17-20(3-4-26(25)36-37-28)19-5-8-32-9-6-19/h3-5,7,10,15-18,32H,1-2,6,8-9,11-14H2,(H,36,37)(H,33,34,35). The van der Waals surface area contributed by atoms with E-state index in [0.29, 0.717) is 29.4 Å². The number of hydrogen-bond acceptors (Lipinski definition) is 6. The fraction of sp³-hybridized carbons (Fsp3) is 0.300. The number of nitrogens with zero attached hydrogens (tertiary/aromatic N) is 4. The SMILES string of the molecule is Fc1cc(OCCN2CCCC2)cc(-c2ccnc3nc(-c4n[nH]c5ccc(C6=CCNCC6)cc45)[nH]c23)c1. The van der Waals surface area contributed by atoms with Crippen LogP contribution in [0.2, 0.25) is 0 Å². The lowest BCUT2D eigenvalue weighted by molar-refractivity contribution is 0.237. The number of fused-ring (bicyclic) bond motifs is 2. The Morgan fingerprint density at radius 1 is 1.03 bits per heavy atom. The molecule has 2 aromatic carbocycles. The Bertz CT molecular complexity index is 1680. The lowest BCUT2D eigenvalue weighted by Gasteiger charge is -2.15. The topological polar surface area (TPSA) is 94.8 Å². The number of aromatic nitrogens is 5. The molecule has 5 aromatic rings. The summed E-state index contributed by atoms with van der Waals surface area (Å²) in [5.74, 6) is 0.796. The average Bonchev–Trinajstić information content (AvgIpc) is 3.72. The summed E-state index contributed by atoms with van der Waals surface area (Å²) in [4.78, 5) is 15.1. The number of hydrogen-bond donors (Lipinski definition) is 3. The Hall–Kier alpha value is -4.08. The van der Waals surface area contributed by atoms with E-state index < -0.39 is 0 Å². The number of rotatable bonds is 7. The van der Waals surface area contributed by atoms with Crippen molar-refractivity contribution in [3.05, 3.63) is 66.1 Å². The fourth-order valence-corrected chi connectivity index (χ4v) is 5.64. The second kappa shape index (κ2) is 10.2. The van der Waals surface area contributed by atoms with Gasteiger partial charge in [-0.25, -0.2) is 14.4 Å². The number of pyridine rings is 1. The highest BCUT2D eigenvalue weighted by atomic mass is 19.1. The Kier molecular flexibility index (Phi) is 6.30. The smallest absolute Gasteiger partial charge is 0.178 e. The summed E-state index contributed by atoms with van der Waals surface area (Å²) in [6, 6.07) is 13.1. The summed E-state index contributed by atoms with van der Waals surface area (Å²) in [7, 11) is 0. The molecule has 1 saturated heterocycles. The molecule has 2 aliphatic heterocycles. The van der Waals surface area contributed by atoms with E-state index in [9.17, 15) is 4.39 Å². The van der Waals surface area contributed by atoms with E-state index in [1.54, 1.807) is 6.20 Å². The molecule has 7 rings (SSSR count). The fourth-order valence-electron chi connectivity index (χ4n) is 5.64. The van der Waals surface area contributed by atoms with Crippen LogP contribution < -0.4 is 10.1 Å². The van der Waals surface area contributed by atoms with E-state index in [0.717, 1.165) is 66.8 Å². The molecule has 3 aromatic heterocycles. The van der Waals surface area contributed by atoms with Gasteiger partial charge >= 0.3 is 0 Å². The number of benzene rings is 2. The van der Waals surface area contributed by atoms with Gasteiger partial charge in [0.2, 0.25) is 0 Å². The van der Waals surface area contributed by atoms with E-state index in [4.69, 9.17) is 9.72 Å². The normalized spacial score (nSPS) is 16.3. The zero-order valence-electron chi connectivity index (χ0n) is 21.6. The van der Waals surface area contributed by atoms with E-state index in [2.05, 4.69) is 54.7 Å². The van der Waals surface area contributed by atoms with Crippen LogP contribution in [0.5, 0.6) is 5.75 Å². The van der Waals surface area contributed by atoms with Crippen LogP contribution in [0.15, 0.2) is 54.7 Å². The molecule has 0 atom stereocenters. The minimum absolute atomic E-state index is 0.341. The Morgan fingerprint density at radius 3 is 2.82 bits per heavy atom. The van der Waals surface area contributed by atoms with Crippen LogP contribution >= 0.6 is 0 Å². The average molecular weight is 524 g/mol. The molecule has 0 unspecified atom stereocenters. The Morgan fingerprint density at radius 2 is 1.95 bits per heavy atom. The molecule has 9 heteroatoms. The number of nitrogens with one attached hydrogen (secondary N) is 3. The minimum atomic E-state index is -0.341. The third-order valence-electron chi connectivity index (χ3n) is 7.67. The summed E-state index contributed by atoms with van der Waals surface area (Å²) in [6.07, 6.45) is 7.41. The van der Waals surface area contributed by atoms with Crippen LogP contribution in [-0.4, -0.2) is 69.4 Å². The first-order valence-electron chi connectivity index (χ1n) is 13.6. The molecular weight excluding hydrogens is 493 g/mol. The second-order valence-electron chi connectivity index (χ2n) is 10.2. The molecule has 5 heterocycles. The number of ether oxygens (including phenoxy) is 1. The highest BCUT2D eigenvalue weighted by Crippen LogP contribution is 2.34. The first-order chi connectivity index (χ1) is 19.2. The van der Waals surface area contributed by atoms with Crippen LogP contribution in [-0.2, 0) is 0 Å². The van der Waals surface area contributed by atoms with Gasteiger partial charge in [0.25, 0.3) is 0 Å². The number of H-pyrrole nitrogens is 2. The molecule has 0 bridgehead atoms. The van der Waals surface area contributed by atoms with E-state index >= 15 is 0 Å². The molecule has 2 aliphatic rings. The quantitative estimate of drug-likeness (QED) is 0.273. The van der Waals surface area contributed by atoms with Crippen LogP contribution in [0, 0.1) is 5.82 Å². The molecule has 1 fully saturated rings. The zero-order valence-corrected chi connectivity index (χ0v) is 21.6. The number of aromatic amines is 2. The van der Waals surface area contributed by atoms with Crippen LogP contribution in [0.3, 0.4) is 0 Å². The van der Waals surface area contributed by atoms with Crippen molar-refractivity contribution in [2.75, 3.05) is 39.3 Å². The van der Waals surface area contributed by atoms with Crippen LogP contribution in [0.25, 0.3) is 50.3 Å². The highest BCUT2D eigenvalue weighted by Gasteiger charge is 2.18. The maximum absolute atomic E-state index is 14.7. The molecular formula is C30H30FN7O. The summed E-state index contributed by atoms with van der Waals surface area (Å²) in [5.41, 5.74) is 7.00. The van der Waals surface area contributed by atoms with Crippen molar-refractivity contribution in [1.82, 2.24) is 35.4 Å². The predicted molar refractivity (Wildman–Crippen MR) is 151 cm³/mol. The van der Waals surface area contributed by atoms with E-state index in [1.165, 1.54) is 36.1 Å². The largest absolute Gasteiger partial charge is 0.492 e. The lowest BCUT2D eigenvalue weighted by atomic mass is 9.98. The van der Waals surface area contributed by atoms with Gasteiger partial charge < -0.3 is 15.0 Å². The van der Waals surface area contributed by atoms with Gasteiger partial charge in [-0.05, 0) is 85.9 Å². The van der Waals surface area contributed by atoms with Gasteiger partial charge in [0, 0.05) is 36.3 Å². The van der Waals surface area contributed by atoms with Crippen molar-refractivity contribution in [1.29, 1.82) is 0 Å². The first kappa shape index (κ1) is 24.0. The number of halogens is 1. The van der Waals surface area contributed by atoms with Crippen LogP contribution in [0.4, 0.5) is 4.39 Å². The summed E-state index contributed by atoms with van der Waals surface area (Å²) < 4.78 is 20.6. The van der Waals surface area contributed by atoms with Crippen LogP contribution in [0.1, 0.15) is 24.8 Å². The number of likely N-dealkylation sites (tertiary alicyclic amines) is 1. The molecule has 39 heavy (non-hydrogen) atoms. The van der Waals surface area contributed by atoms with Gasteiger partial charge in [-0.2, -0.15) is 5.10 Å². The predicted octanol–water partition coefficient (Wildman–Crippen LogP) is 5.16.